The van der Waals surface area contributed by atoms with Crippen molar-refractivity contribution in [1.82, 2.24) is 15.1 Å². The van der Waals surface area contributed by atoms with Gasteiger partial charge in [-0.3, -0.25) is 14.5 Å². The Labute approximate surface area is 171 Å². The molecule has 148 valence electrons. The quantitative estimate of drug-likeness (QED) is 0.671. The van der Waals surface area contributed by atoms with Crippen molar-refractivity contribution in [3.8, 4) is 5.75 Å². The van der Waals surface area contributed by atoms with Gasteiger partial charge in [0.25, 0.3) is 0 Å². The molecule has 10 heteroatoms. The second-order valence-electron chi connectivity index (χ2n) is 5.51. The van der Waals surface area contributed by atoms with Gasteiger partial charge in [0.2, 0.25) is 11.8 Å². The average Bonchev–Trinajstić information content (AvgIpc) is 2.61. The van der Waals surface area contributed by atoms with Crippen LogP contribution in [0.1, 0.15) is 0 Å². The molecule has 3 N–H and O–H groups in total. The third kappa shape index (κ3) is 8.42. The zero-order valence-corrected chi connectivity index (χ0v) is 16.7. The molecule has 2 amide bonds. The lowest BCUT2D eigenvalue weighted by Gasteiger charge is -2.34. The summed E-state index contributed by atoms with van der Waals surface area (Å²) in [6.45, 7) is 4.18. The van der Waals surface area contributed by atoms with Crippen molar-refractivity contribution in [1.29, 1.82) is 0 Å². The fourth-order valence-corrected chi connectivity index (χ4v) is 2.53. The number of hydrogen-bond donors (Lipinski definition) is 2. The lowest BCUT2D eigenvalue weighted by molar-refractivity contribution is -0.134. The van der Waals surface area contributed by atoms with Gasteiger partial charge in [-0.1, -0.05) is 11.6 Å². The number of amides is 2. The van der Waals surface area contributed by atoms with E-state index in [0.717, 1.165) is 25.4 Å². The summed E-state index contributed by atoms with van der Waals surface area (Å²) in [4.78, 5) is 27.0. The highest BCUT2D eigenvalue weighted by molar-refractivity contribution is 6.30. The molecule has 1 aliphatic rings. The molecule has 0 bridgehead atoms. The lowest BCUT2D eigenvalue weighted by atomic mass is 10.3. The number of carbonyl (C=O) groups is 2. The molecule has 0 aliphatic carbocycles. The topological polar surface area (TPSA) is 87.9 Å². The predicted octanol–water partition coefficient (Wildman–Crippen LogP) is 0.781. The van der Waals surface area contributed by atoms with Gasteiger partial charge in [0, 0.05) is 37.7 Å². The molecular weight excluding hydrogens is 403 g/mol. The van der Waals surface area contributed by atoms with E-state index >= 15 is 0 Å². The second kappa shape index (κ2) is 13.0. The highest BCUT2D eigenvalue weighted by Gasteiger charge is 2.20. The van der Waals surface area contributed by atoms with Gasteiger partial charge in [-0.2, -0.15) is 0 Å². The van der Waals surface area contributed by atoms with Gasteiger partial charge in [0.15, 0.2) is 0 Å². The third-order valence-corrected chi connectivity index (χ3v) is 4.09. The molecule has 2 rings (SSSR count). The van der Waals surface area contributed by atoms with Crippen molar-refractivity contribution in [2.75, 3.05) is 52.4 Å². The minimum Gasteiger partial charge on any atom is -0.492 e. The summed E-state index contributed by atoms with van der Waals surface area (Å²) in [7, 11) is 0. The maximum absolute atomic E-state index is 12.0. The van der Waals surface area contributed by atoms with Crippen LogP contribution in [0.2, 0.25) is 5.02 Å². The van der Waals surface area contributed by atoms with Gasteiger partial charge < -0.3 is 20.7 Å². The first-order chi connectivity index (χ1) is 11.6. The minimum atomic E-state index is -0.318. The number of piperazine rings is 1. The number of carbonyl (C=O) groups excluding carboxylic acids is 2. The average molecular weight is 428 g/mol. The van der Waals surface area contributed by atoms with E-state index in [1.165, 1.54) is 0 Å². The summed E-state index contributed by atoms with van der Waals surface area (Å²) in [5, 5.41) is 3.18. The molecule has 0 unspecified atom stereocenters. The minimum absolute atomic E-state index is 0. The molecule has 1 aromatic rings. The molecule has 0 atom stereocenters. The van der Waals surface area contributed by atoms with Gasteiger partial charge in [-0.25, -0.2) is 0 Å². The molecular formula is C16H25Cl3N4O3. The summed E-state index contributed by atoms with van der Waals surface area (Å²) in [5.74, 6) is 0.402. The lowest BCUT2D eigenvalue weighted by Crippen LogP contribution is -2.52. The summed E-state index contributed by atoms with van der Waals surface area (Å²) >= 11 is 5.83. The molecule has 0 radical (unpaired) electrons. The van der Waals surface area contributed by atoms with Crippen LogP contribution in [0.3, 0.4) is 0 Å². The van der Waals surface area contributed by atoms with Gasteiger partial charge in [-0.05, 0) is 24.3 Å². The summed E-state index contributed by atoms with van der Waals surface area (Å²) < 4.78 is 5.68. The highest BCUT2D eigenvalue weighted by atomic mass is 35.5. The van der Waals surface area contributed by atoms with Crippen LogP contribution in [0.5, 0.6) is 5.75 Å². The van der Waals surface area contributed by atoms with Crippen LogP contribution in [0.15, 0.2) is 24.3 Å². The largest absolute Gasteiger partial charge is 0.492 e. The Morgan fingerprint density at radius 3 is 2.31 bits per heavy atom. The molecule has 0 aromatic heterocycles. The highest BCUT2D eigenvalue weighted by Crippen LogP contribution is 2.15. The second-order valence-corrected chi connectivity index (χ2v) is 5.94. The van der Waals surface area contributed by atoms with Crippen LogP contribution >= 0.6 is 36.4 Å². The van der Waals surface area contributed by atoms with Crippen LogP contribution in [-0.2, 0) is 9.59 Å². The van der Waals surface area contributed by atoms with Crippen molar-refractivity contribution in [2.24, 2.45) is 5.73 Å². The molecule has 0 spiro atoms. The van der Waals surface area contributed by atoms with E-state index in [4.69, 9.17) is 22.1 Å². The number of rotatable bonds is 7. The molecule has 1 saturated heterocycles. The standard InChI is InChI=1S/C16H23ClN4O3.2ClH/c17-13-1-3-14(4-2-13)24-10-9-20-5-7-21(8-6-20)16(23)12-19-15(22)11-18;;/h1-4H,5-12,18H2,(H,19,22);2*1H. The normalized spacial score (nSPS) is 14.0. The fourth-order valence-electron chi connectivity index (χ4n) is 2.40. The summed E-state index contributed by atoms with van der Waals surface area (Å²) in [6, 6.07) is 7.28. The van der Waals surface area contributed by atoms with Crippen LogP contribution < -0.4 is 15.8 Å². The van der Waals surface area contributed by atoms with Crippen LogP contribution in [0.25, 0.3) is 0 Å². The van der Waals surface area contributed by atoms with E-state index in [1.54, 1.807) is 17.0 Å². The number of benzene rings is 1. The third-order valence-electron chi connectivity index (χ3n) is 3.84. The van der Waals surface area contributed by atoms with Gasteiger partial charge in [0.1, 0.15) is 12.4 Å². The number of halogens is 3. The van der Waals surface area contributed by atoms with Gasteiger partial charge in [-0.15, -0.1) is 24.8 Å². The smallest absolute Gasteiger partial charge is 0.242 e. The number of nitrogens with one attached hydrogen (secondary N) is 1. The molecule has 0 saturated carbocycles. The maximum Gasteiger partial charge on any atom is 0.242 e. The van der Waals surface area contributed by atoms with Crippen LogP contribution in [0, 0.1) is 0 Å². The van der Waals surface area contributed by atoms with Gasteiger partial charge in [0.05, 0.1) is 13.1 Å². The number of nitrogens with two attached hydrogens (primary N) is 1. The van der Waals surface area contributed by atoms with Crippen molar-refractivity contribution in [3.05, 3.63) is 29.3 Å². The Bertz CT molecular complexity index is 552. The Morgan fingerprint density at radius 1 is 1.12 bits per heavy atom. The van der Waals surface area contributed by atoms with Crippen molar-refractivity contribution < 1.29 is 14.3 Å². The van der Waals surface area contributed by atoms with Crippen LogP contribution in [-0.4, -0.2) is 74.0 Å². The fraction of sp³-hybridized carbons (Fsp3) is 0.500. The van der Waals surface area contributed by atoms with Crippen molar-refractivity contribution >= 4 is 48.2 Å². The van der Waals surface area contributed by atoms with E-state index in [2.05, 4.69) is 10.2 Å². The SMILES string of the molecule is Cl.Cl.NCC(=O)NCC(=O)N1CCN(CCOc2ccc(Cl)cc2)CC1. The van der Waals surface area contributed by atoms with Gasteiger partial charge >= 0.3 is 0 Å². The number of nitrogens with zero attached hydrogens (tertiary/aromatic N) is 2. The summed E-state index contributed by atoms with van der Waals surface area (Å²) in [6.07, 6.45) is 0. The first-order valence-corrected chi connectivity index (χ1v) is 8.31. The number of hydrogen-bond acceptors (Lipinski definition) is 5. The van der Waals surface area contributed by atoms with Crippen molar-refractivity contribution in [2.45, 2.75) is 0 Å². The monoisotopic (exact) mass is 426 g/mol. The Balaban J connectivity index is 0.00000312. The van der Waals surface area contributed by atoms with E-state index in [0.29, 0.717) is 24.7 Å². The first kappa shape index (κ1) is 24.8. The zero-order chi connectivity index (χ0) is 17.4. The van der Waals surface area contributed by atoms with E-state index in [-0.39, 0.29) is 49.7 Å². The van der Waals surface area contributed by atoms with Crippen molar-refractivity contribution in [3.63, 3.8) is 0 Å². The molecule has 1 aromatic carbocycles. The maximum atomic E-state index is 12.0. The first-order valence-electron chi connectivity index (χ1n) is 7.94. The Hall–Kier alpha value is -1.25. The molecule has 1 fully saturated rings. The number of ether oxygens (including phenoxy) is 1. The molecule has 1 heterocycles. The Morgan fingerprint density at radius 2 is 1.73 bits per heavy atom. The summed E-state index contributed by atoms with van der Waals surface area (Å²) in [5.41, 5.74) is 5.19. The van der Waals surface area contributed by atoms with E-state index in [1.807, 2.05) is 12.1 Å². The Kier molecular flexibility index (Phi) is 12.4. The van der Waals surface area contributed by atoms with E-state index in [9.17, 15) is 9.59 Å². The predicted molar refractivity (Wildman–Crippen MR) is 107 cm³/mol. The zero-order valence-electron chi connectivity index (χ0n) is 14.4. The van der Waals surface area contributed by atoms with E-state index < -0.39 is 0 Å². The van der Waals surface area contributed by atoms with Crippen LogP contribution in [0.4, 0.5) is 0 Å². The molecule has 1 aliphatic heterocycles. The molecule has 26 heavy (non-hydrogen) atoms. The molecule has 7 nitrogen and oxygen atoms in total.